The molecule has 29 heavy (non-hydrogen) atoms. The van der Waals surface area contributed by atoms with Gasteiger partial charge in [0.15, 0.2) is 0 Å². The van der Waals surface area contributed by atoms with Crippen LogP contribution in [-0.2, 0) is 4.74 Å². The molecule has 152 valence electrons. The van der Waals surface area contributed by atoms with Gasteiger partial charge in [-0.1, -0.05) is 11.6 Å². The molecule has 0 N–H and O–H groups in total. The normalized spacial score (nSPS) is 23.9. The topological polar surface area (TPSA) is 55.5 Å². The molecule has 1 unspecified atom stereocenters. The molecule has 2 saturated heterocycles. The van der Waals surface area contributed by atoms with Crippen LogP contribution in [0.4, 0.5) is 19.0 Å². The summed E-state index contributed by atoms with van der Waals surface area (Å²) in [7, 11) is 1.69. The number of aromatic nitrogens is 4. The number of piperidine rings is 1. The third-order valence-corrected chi connectivity index (χ3v) is 6.16. The molecule has 2 fully saturated rings. The number of hydrogen-bond donors (Lipinski definition) is 0. The van der Waals surface area contributed by atoms with Gasteiger partial charge in [0.1, 0.15) is 34.7 Å². The number of methoxy groups -OCH3 is 1. The Labute approximate surface area is 169 Å². The zero-order valence-electron chi connectivity index (χ0n) is 15.4. The van der Waals surface area contributed by atoms with Crippen molar-refractivity contribution in [3.63, 3.8) is 0 Å². The van der Waals surface area contributed by atoms with E-state index in [1.165, 1.54) is 10.8 Å². The van der Waals surface area contributed by atoms with Crippen LogP contribution in [0.1, 0.15) is 25.7 Å². The maximum absolute atomic E-state index is 14.7. The van der Waals surface area contributed by atoms with Crippen LogP contribution in [0.5, 0.6) is 0 Å². The van der Waals surface area contributed by atoms with Crippen molar-refractivity contribution in [3.05, 3.63) is 41.1 Å². The van der Waals surface area contributed by atoms with E-state index in [4.69, 9.17) is 16.3 Å². The molecular weight excluding hydrogens is 407 g/mol. The molecule has 0 amide bonds. The number of nitrogens with zero attached hydrogens (tertiary/aromatic N) is 5. The minimum atomic E-state index is -1.05. The van der Waals surface area contributed by atoms with E-state index < -0.39 is 23.0 Å². The van der Waals surface area contributed by atoms with Gasteiger partial charge in [0.2, 0.25) is 0 Å². The minimum absolute atomic E-state index is 0.0485. The number of halogens is 4. The Balaban J connectivity index is 1.78. The Morgan fingerprint density at radius 3 is 2.34 bits per heavy atom. The Hall–Kier alpha value is -2.39. The number of hydrogen-bond acceptors (Lipinski definition) is 5. The van der Waals surface area contributed by atoms with Crippen LogP contribution in [-0.4, -0.2) is 44.9 Å². The fourth-order valence-electron chi connectivity index (χ4n) is 4.70. The molecule has 0 saturated carbocycles. The quantitative estimate of drug-likeness (QED) is 0.596. The number of benzene rings is 1. The SMILES string of the molecule is COC1C[C@H]2CC[C@@H](C1)N2c1c(-c2c(F)cc(F)cc2F)c(Cl)nc2ncnn12. The van der Waals surface area contributed by atoms with Crippen LogP contribution in [0, 0.1) is 17.5 Å². The van der Waals surface area contributed by atoms with Crippen molar-refractivity contribution in [1.82, 2.24) is 19.6 Å². The second-order valence-corrected chi connectivity index (χ2v) is 7.80. The molecule has 5 rings (SSSR count). The van der Waals surface area contributed by atoms with Gasteiger partial charge in [-0.25, -0.2) is 13.2 Å². The molecular formula is C19H17ClF3N5O. The average Bonchev–Trinajstić information content (AvgIpc) is 3.22. The highest BCUT2D eigenvalue weighted by Crippen LogP contribution is 2.46. The maximum atomic E-state index is 14.7. The van der Waals surface area contributed by atoms with Crippen LogP contribution in [0.25, 0.3) is 16.9 Å². The zero-order valence-corrected chi connectivity index (χ0v) is 16.2. The highest BCUT2D eigenvalue weighted by molar-refractivity contribution is 6.33. The lowest BCUT2D eigenvalue weighted by Crippen LogP contribution is -2.46. The summed E-state index contributed by atoms with van der Waals surface area (Å²) in [5, 5.41) is 4.11. The van der Waals surface area contributed by atoms with Crippen molar-refractivity contribution in [3.8, 4) is 11.1 Å². The van der Waals surface area contributed by atoms with Gasteiger partial charge in [0, 0.05) is 31.3 Å². The van der Waals surface area contributed by atoms with Crippen molar-refractivity contribution < 1.29 is 17.9 Å². The number of fused-ring (bicyclic) bond motifs is 3. The van der Waals surface area contributed by atoms with Gasteiger partial charge in [-0.05, 0) is 25.7 Å². The largest absolute Gasteiger partial charge is 0.381 e. The Bertz CT molecular complexity index is 1070. The summed E-state index contributed by atoms with van der Waals surface area (Å²) in [5.41, 5.74) is -0.378. The summed E-state index contributed by atoms with van der Waals surface area (Å²) < 4.78 is 50.0. The van der Waals surface area contributed by atoms with Gasteiger partial charge in [-0.3, -0.25) is 0 Å². The maximum Gasteiger partial charge on any atom is 0.255 e. The second-order valence-electron chi connectivity index (χ2n) is 7.44. The Morgan fingerprint density at radius 1 is 1.07 bits per heavy atom. The van der Waals surface area contributed by atoms with Crippen LogP contribution in [0.15, 0.2) is 18.5 Å². The Kier molecular flexibility index (Phi) is 4.40. The molecule has 4 heterocycles. The van der Waals surface area contributed by atoms with Crippen LogP contribution < -0.4 is 4.90 Å². The number of ether oxygens (including phenoxy) is 1. The molecule has 6 nitrogen and oxygen atoms in total. The molecule has 2 aliphatic heterocycles. The molecule has 0 aliphatic carbocycles. The third kappa shape index (κ3) is 2.86. The highest BCUT2D eigenvalue weighted by Gasteiger charge is 2.44. The zero-order chi connectivity index (χ0) is 20.3. The van der Waals surface area contributed by atoms with E-state index in [0.717, 1.165) is 25.7 Å². The third-order valence-electron chi connectivity index (χ3n) is 5.88. The monoisotopic (exact) mass is 423 g/mol. The highest BCUT2D eigenvalue weighted by atomic mass is 35.5. The van der Waals surface area contributed by atoms with E-state index in [0.29, 0.717) is 18.0 Å². The van der Waals surface area contributed by atoms with Gasteiger partial charge in [-0.2, -0.15) is 19.6 Å². The lowest BCUT2D eigenvalue weighted by Gasteiger charge is -2.40. The first-order valence-corrected chi connectivity index (χ1v) is 9.71. The summed E-state index contributed by atoms with van der Waals surface area (Å²) in [5.74, 6) is -2.46. The molecule has 2 aromatic heterocycles. The predicted octanol–water partition coefficient (Wildman–Crippen LogP) is 4.01. The van der Waals surface area contributed by atoms with Crippen molar-refractivity contribution in [2.24, 2.45) is 0 Å². The fraction of sp³-hybridized carbons (Fsp3) is 0.421. The standard InChI is InChI=1S/C19H17ClF3N5O/c1-29-12-6-10-2-3-11(7-12)27(10)18-16(15-13(22)4-9(21)5-14(15)23)17(20)26-19-24-8-25-28(18)19/h4-5,8,10-12H,2-3,6-7H2,1H3/t10-,11+,12?. The summed E-state index contributed by atoms with van der Waals surface area (Å²) in [6.07, 6.45) is 4.80. The van der Waals surface area contributed by atoms with E-state index in [-0.39, 0.29) is 34.7 Å². The van der Waals surface area contributed by atoms with Gasteiger partial charge in [0.25, 0.3) is 5.78 Å². The van der Waals surface area contributed by atoms with Crippen molar-refractivity contribution in [2.45, 2.75) is 43.9 Å². The van der Waals surface area contributed by atoms with Crippen molar-refractivity contribution in [2.75, 3.05) is 12.0 Å². The molecule has 1 aromatic carbocycles. The first-order valence-electron chi connectivity index (χ1n) is 9.33. The lowest BCUT2D eigenvalue weighted by atomic mass is 9.97. The smallest absolute Gasteiger partial charge is 0.255 e. The van der Waals surface area contributed by atoms with Crippen LogP contribution in [0.3, 0.4) is 0 Å². The summed E-state index contributed by atoms with van der Waals surface area (Å²) in [6, 6.07) is 1.45. The average molecular weight is 424 g/mol. The van der Waals surface area contributed by atoms with E-state index in [1.54, 1.807) is 7.11 Å². The first-order chi connectivity index (χ1) is 14.0. The summed E-state index contributed by atoms with van der Waals surface area (Å²) in [4.78, 5) is 10.3. The van der Waals surface area contributed by atoms with E-state index in [9.17, 15) is 13.2 Å². The minimum Gasteiger partial charge on any atom is -0.381 e. The molecule has 0 spiro atoms. The van der Waals surface area contributed by atoms with E-state index in [1.807, 2.05) is 0 Å². The second kappa shape index (κ2) is 6.84. The molecule has 2 aliphatic rings. The number of rotatable bonds is 3. The van der Waals surface area contributed by atoms with Gasteiger partial charge < -0.3 is 9.64 Å². The van der Waals surface area contributed by atoms with Gasteiger partial charge in [-0.15, -0.1) is 0 Å². The van der Waals surface area contributed by atoms with E-state index >= 15 is 0 Å². The molecule has 2 bridgehead atoms. The fourth-order valence-corrected chi connectivity index (χ4v) is 4.96. The van der Waals surface area contributed by atoms with Gasteiger partial charge >= 0.3 is 0 Å². The molecule has 3 aromatic rings. The predicted molar refractivity (Wildman–Crippen MR) is 100 cm³/mol. The molecule has 0 radical (unpaired) electrons. The van der Waals surface area contributed by atoms with Crippen LogP contribution in [0.2, 0.25) is 5.15 Å². The summed E-state index contributed by atoms with van der Waals surface area (Å²) in [6.45, 7) is 0. The van der Waals surface area contributed by atoms with E-state index in [2.05, 4.69) is 20.0 Å². The number of anilines is 1. The molecule has 10 heteroatoms. The summed E-state index contributed by atoms with van der Waals surface area (Å²) >= 11 is 6.40. The lowest BCUT2D eigenvalue weighted by molar-refractivity contribution is 0.0681. The van der Waals surface area contributed by atoms with Crippen molar-refractivity contribution >= 4 is 23.2 Å². The van der Waals surface area contributed by atoms with Crippen molar-refractivity contribution in [1.29, 1.82) is 0 Å². The Morgan fingerprint density at radius 2 is 1.72 bits per heavy atom. The first kappa shape index (κ1) is 18.6. The van der Waals surface area contributed by atoms with Gasteiger partial charge in [0.05, 0.1) is 17.2 Å². The molecule has 3 atom stereocenters. The van der Waals surface area contributed by atoms with Crippen LogP contribution >= 0.6 is 11.6 Å².